The number of carbonyl (C=O) groups is 2. The van der Waals surface area contributed by atoms with Gasteiger partial charge in [-0.2, -0.15) is 0 Å². The molecule has 0 unspecified atom stereocenters. The lowest BCUT2D eigenvalue weighted by Gasteiger charge is -2.32. The van der Waals surface area contributed by atoms with Gasteiger partial charge in [0.2, 0.25) is 11.8 Å². The van der Waals surface area contributed by atoms with Gasteiger partial charge in [-0.1, -0.05) is 6.92 Å². The van der Waals surface area contributed by atoms with Crippen molar-refractivity contribution in [3.8, 4) is 0 Å². The van der Waals surface area contributed by atoms with Gasteiger partial charge in [0.1, 0.15) is 5.82 Å². The Kier molecular flexibility index (Phi) is 6.42. The van der Waals surface area contributed by atoms with Crippen LogP contribution in [0.2, 0.25) is 0 Å². The molecule has 2 aliphatic rings. The van der Waals surface area contributed by atoms with Gasteiger partial charge in [0, 0.05) is 55.5 Å². The summed E-state index contributed by atoms with van der Waals surface area (Å²) >= 11 is 0. The molecule has 0 spiro atoms. The molecule has 2 amide bonds. The predicted molar refractivity (Wildman–Crippen MR) is 101 cm³/mol. The van der Waals surface area contributed by atoms with E-state index in [1.165, 1.54) is 0 Å². The first kappa shape index (κ1) is 19.7. The molecule has 3 rings (SSSR count). The van der Waals surface area contributed by atoms with Crippen LogP contribution in [0.15, 0.2) is 0 Å². The second kappa shape index (κ2) is 8.78. The number of aryl methyl sites for hydroxylation is 2. The smallest absolute Gasteiger partial charge is 0.227 e. The number of morpholine rings is 1. The molecule has 1 atom stereocenters. The van der Waals surface area contributed by atoms with Crippen LogP contribution in [-0.4, -0.2) is 71.0 Å². The third-order valence-corrected chi connectivity index (χ3v) is 5.57. The van der Waals surface area contributed by atoms with E-state index in [0.717, 1.165) is 42.2 Å². The minimum absolute atomic E-state index is 0.109. The van der Waals surface area contributed by atoms with E-state index in [1.807, 2.05) is 30.6 Å². The molecule has 1 aromatic rings. The Morgan fingerprint density at radius 3 is 2.33 bits per heavy atom. The van der Waals surface area contributed by atoms with E-state index in [9.17, 15) is 9.59 Å². The summed E-state index contributed by atoms with van der Waals surface area (Å²) in [6.07, 6.45) is 2.85. The summed E-state index contributed by atoms with van der Waals surface area (Å²) in [6, 6.07) is 0. The highest BCUT2D eigenvalue weighted by atomic mass is 16.5. The van der Waals surface area contributed by atoms with Crippen molar-refractivity contribution in [2.75, 3.05) is 39.4 Å². The maximum absolute atomic E-state index is 12.6. The third-order valence-electron chi connectivity index (χ3n) is 5.57. The van der Waals surface area contributed by atoms with Crippen LogP contribution in [-0.2, 0) is 20.7 Å². The van der Waals surface area contributed by atoms with E-state index in [2.05, 4.69) is 0 Å². The van der Waals surface area contributed by atoms with Crippen LogP contribution in [0.25, 0.3) is 0 Å². The van der Waals surface area contributed by atoms with E-state index < -0.39 is 0 Å². The highest BCUT2D eigenvalue weighted by molar-refractivity contribution is 5.79. The zero-order valence-electron chi connectivity index (χ0n) is 16.7. The van der Waals surface area contributed by atoms with Crippen molar-refractivity contribution in [2.24, 2.45) is 0 Å². The number of ether oxygens (including phenoxy) is 1. The Bertz CT molecular complexity index is 677. The number of rotatable bonds is 4. The monoisotopic (exact) mass is 374 g/mol. The van der Waals surface area contributed by atoms with Crippen LogP contribution in [0.5, 0.6) is 0 Å². The molecule has 3 heterocycles. The fourth-order valence-electron chi connectivity index (χ4n) is 3.92. The lowest BCUT2D eigenvalue weighted by atomic mass is 9.96. The van der Waals surface area contributed by atoms with Crippen LogP contribution in [0.4, 0.5) is 0 Å². The standard InChI is InChI=1S/C20H30N4O3/c1-4-18(25)24-7-5-6-16(13-24)20-21-14(2)17(15(3)22-20)12-19(26)23-8-10-27-11-9-23/h16H,4-13H2,1-3H3/t16-/m0/s1. The molecule has 0 radical (unpaired) electrons. The molecule has 2 aliphatic heterocycles. The van der Waals surface area contributed by atoms with E-state index in [-0.39, 0.29) is 17.7 Å². The Hall–Kier alpha value is -2.02. The van der Waals surface area contributed by atoms with Gasteiger partial charge in [0.05, 0.1) is 19.6 Å². The van der Waals surface area contributed by atoms with Gasteiger partial charge in [-0.15, -0.1) is 0 Å². The molecule has 27 heavy (non-hydrogen) atoms. The molecule has 0 N–H and O–H groups in total. The van der Waals surface area contributed by atoms with Crippen molar-refractivity contribution in [1.82, 2.24) is 19.8 Å². The topological polar surface area (TPSA) is 75.6 Å². The van der Waals surface area contributed by atoms with Gasteiger partial charge < -0.3 is 14.5 Å². The second-order valence-corrected chi connectivity index (χ2v) is 7.43. The first-order chi connectivity index (χ1) is 13.0. The van der Waals surface area contributed by atoms with Crippen molar-refractivity contribution in [1.29, 1.82) is 0 Å². The minimum Gasteiger partial charge on any atom is -0.378 e. The summed E-state index contributed by atoms with van der Waals surface area (Å²) in [6.45, 7) is 9.85. The third kappa shape index (κ3) is 4.64. The van der Waals surface area contributed by atoms with Crippen LogP contribution in [0, 0.1) is 13.8 Å². The van der Waals surface area contributed by atoms with E-state index >= 15 is 0 Å². The van der Waals surface area contributed by atoms with Gasteiger partial charge in [0.25, 0.3) is 0 Å². The summed E-state index contributed by atoms with van der Waals surface area (Å²) in [5.41, 5.74) is 2.67. The first-order valence-corrected chi connectivity index (χ1v) is 9.97. The number of hydrogen-bond donors (Lipinski definition) is 0. The summed E-state index contributed by atoms with van der Waals surface area (Å²) in [4.78, 5) is 37.9. The van der Waals surface area contributed by atoms with Crippen LogP contribution in [0.3, 0.4) is 0 Å². The van der Waals surface area contributed by atoms with Crippen molar-refractivity contribution in [2.45, 2.75) is 52.4 Å². The molecule has 148 valence electrons. The molecule has 2 fully saturated rings. The highest BCUT2D eigenvalue weighted by Crippen LogP contribution is 2.26. The molecule has 0 aromatic carbocycles. The summed E-state index contributed by atoms with van der Waals surface area (Å²) in [5.74, 6) is 1.29. The van der Waals surface area contributed by atoms with E-state index in [4.69, 9.17) is 14.7 Å². The molecular weight excluding hydrogens is 344 g/mol. The SMILES string of the molecule is CCC(=O)N1CCC[C@H](c2nc(C)c(CC(=O)N3CCOCC3)c(C)n2)C1. The highest BCUT2D eigenvalue weighted by Gasteiger charge is 2.27. The van der Waals surface area contributed by atoms with Crippen molar-refractivity contribution >= 4 is 11.8 Å². The number of aromatic nitrogens is 2. The van der Waals surface area contributed by atoms with Crippen LogP contribution < -0.4 is 0 Å². The van der Waals surface area contributed by atoms with E-state index in [1.54, 1.807) is 0 Å². The quantitative estimate of drug-likeness (QED) is 0.800. The summed E-state index contributed by atoms with van der Waals surface area (Å²) < 4.78 is 5.32. The Labute approximate surface area is 161 Å². The van der Waals surface area contributed by atoms with Gasteiger partial charge in [-0.25, -0.2) is 9.97 Å². The Morgan fingerprint density at radius 1 is 1.04 bits per heavy atom. The molecule has 7 heteroatoms. The lowest BCUT2D eigenvalue weighted by Crippen LogP contribution is -2.41. The first-order valence-electron chi connectivity index (χ1n) is 9.97. The van der Waals surface area contributed by atoms with Gasteiger partial charge in [-0.3, -0.25) is 9.59 Å². The lowest BCUT2D eigenvalue weighted by molar-refractivity contribution is -0.134. The van der Waals surface area contributed by atoms with Crippen molar-refractivity contribution in [3.63, 3.8) is 0 Å². The summed E-state index contributed by atoms with van der Waals surface area (Å²) in [7, 11) is 0. The number of hydrogen-bond acceptors (Lipinski definition) is 5. The van der Waals surface area contributed by atoms with Gasteiger partial charge >= 0.3 is 0 Å². The molecule has 0 aliphatic carbocycles. The fourth-order valence-corrected chi connectivity index (χ4v) is 3.92. The predicted octanol–water partition coefficient (Wildman–Crippen LogP) is 1.61. The van der Waals surface area contributed by atoms with Gasteiger partial charge in [-0.05, 0) is 26.7 Å². The number of amides is 2. The molecular formula is C20H30N4O3. The number of carbonyl (C=O) groups excluding carboxylic acids is 2. The van der Waals surface area contributed by atoms with Crippen LogP contribution in [0.1, 0.15) is 54.9 Å². The molecule has 0 bridgehead atoms. The maximum Gasteiger partial charge on any atom is 0.227 e. The van der Waals surface area contributed by atoms with E-state index in [0.29, 0.717) is 45.7 Å². The molecule has 0 saturated carbocycles. The summed E-state index contributed by atoms with van der Waals surface area (Å²) in [5, 5.41) is 0. The number of piperidine rings is 1. The number of likely N-dealkylation sites (tertiary alicyclic amines) is 1. The average Bonchev–Trinajstić information content (AvgIpc) is 2.70. The average molecular weight is 374 g/mol. The molecule has 7 nitrogen and oxygen atoms in total. The zero-order chi connectivity index (χ0) is 19.4. The molecule has 2 saturated heterocycles. The van der Waals surface area contributed by atoms with Gasteiger partial charge in [0.15, 0.2) is 0 Å². The maximum atomic E-state index is 12.6. The zero-order valence-corrected chi connectivity index (χ0v) is 16.7. The van der Waals surface area contributed by atoms with Crippen molar-refractivity contribution < 1.29 is 14.3 Å². The Morgan fingerprint density at radius 2 is 1.70 bits per heavy atom. The largest absolute Gasteiger partial charge is 0.378 e. The second-order valence-electron chi connectivity index (χ2n) is 7.43. The fraction of sp³-hybridized carbons (Fsp3) is 0.700. The minimum atomic E-state index is 0.109. The van der Waals surface area contributed by atoms with Crippen molar-refractivity contribution in [3.05, 3.63) is 22.8 Å². The normalized spacial score (nSPS) is 20.6. The Balaban J connectivity index is 1.72. The van der Waals surface area contributed by atoms with Crippen LogP contribution >= 0.6 is 0 Å². The number of nitrogens with zero attached hydrogens (tertiary/aromatic N) is 4. The molecule has 1 aromatic heterocycles.